The SMILES string of the molecule is CC#C[C@@H](CC#N)c1ccc(OCc2ccc3scc(-c4ccc(OCC5(O)CCS(=O)(=O)CC5)cc4C)c3c2)cc1. The van der Waals surface area contributed by atoms with Gasteiger partial charge in [-0.05, 0) is 90.7 Å². The molecule has 0 aliphatic carbocycles. The van der Waals surface area contributed by atoms with Crippen molar-refractivity contribution in [3.8, 4) is 40.5 Å². The molecule has 5 rings (SSSR count). The van der Waals surface area contributed by atoms with Gasteiger partial charge in [0.1, 0.15) is 30.3 Å². The van der Waals surface area contributed by atoms with Gasteiger partial charge in [-0.25, -0.2) is 8.42 Å². The minimum absolute atomic E-state index is 0.00615. The van der Waals surface area contributed by atoms with Crippen LogP contribution in [0.15, 0.2) is 66.0 Å². The molecule has 1 atom stereocenters. The van der Waals surface area contributed by atoms with E-state index in [1.807, 2.05) is 49.4 Å². The molecule has 1 aliphatic rings. The molecular formula is C34H33NO5S2. The lowest BCUT2D eigenvalue weighted by atomic mass is 9.97. The Balaban J connectivity index is 1.26. The molecule has 0 amide bonds. The Labute approximate surface area is 251 Å². The maximum absolute atomic E-state index is 11.7. The van der Waals surface area contributed by atoms with E-state index in [9.17, 15) is 13.5 Å². The van der Waals surface area contributed by atoms with Gasteiger partial charge in [0.05, 0.1) is 29.9 Å². The highest BCUT2D eigenvalue weighted by Crippen LogP contribution is 2.37. The maximum atomic E-state index is 11.7. The number of nitrogens with zero attached hydrogens (tertiary/aromatic N) is 1. The predicted molar refractivity (Wildman–Crippen MR) is 168 cm³/mol. The summed E-state index contributed by atoms with van der Waals surface area (Å²) >= 11 is 1.70. The number of aryl methyl sites for hydroxylation is 1. The third-order valence-corrected chi connectivity index (χ3v) is 10.3. The number of hydrogen-bond acceptors (Lipinski definition) is 7. The van der Waals surface area contributed by atoms with E-state index in [2.05, 4.69) is 41.5 Å². The molecule has 0 unspecified atom stereocenters. The van der Waals surface area contributed by atoms with Crippen molar-refractivity contribution in [2.24, 2.45) is 0 Å². The Hall–Kier alpha value is -3.82. The summed E-state index contributed by atoms with van der Waals surface area (Å²) in [6, 6.07) is 22.3. The number of thiophene rings is 1. The van der Waals surface area contributed by atoms with E-state index >= 15 is 0 Å². The van der Waals surface area contributed by atoms with E-state index in [-0.39, 0.29) is 36.9 Å². The van der Waals surface area contributed by atoms with Gasteiger partial charge in [0, 0.05) is 15.6 Å². The first-order valence-electron chi connectivity index (χ1n) is 13.9. The van der Waals surface area contributed by atoms with Gasteiger partial charge in [0.2, 0.25) is 0 Å². The minimum Gasteiger partial charge on any atom is -0.491 e. The number of sulfone groups is 1. The van der Waals surface area contributed by atoms with Crippen molar-refractivity contribution in [3.05, 3.63) is 82.7 Å². The van der Waals surface area contributed by atoms with Crippen LogP contribution >= 0.6 is 11.3 Å². The second-order valence-electron chi connectivity index (χ2n) is 10.8. The van der Waals surface area contributed by atoms with Gasteiger partial charge < -0.3 is 14.6 Å². The Morgan fingerprint density at radius 3 is 2.43 bits per heavy atom. The van der Waals surface area contributed by atoms with Crippen LogP contribution in [-0.2, 0) is 16.4 Å². The number of aliphatic hydroxyl groups is 1. The van der Waals surface area contributed by atoms with Gasteiger partial charge in [-0.15, -0.1) is 17.3 Å². The van der Waals surface area contributed by atoms with Crippen LogP contribution in [0.3, 0.4) is 0 Å². The van der Waals surface area contributed by atoms with Crippen molar-refractivity contribution in [3.63, 3.8) is 0 Å². The van der Waals surface area contributed by atoms with Crippen molar-refractivity contribution in [1.29, 1.82) is 5.26 Å². The topological polar surface area (TPSA) is 96.6 Å². The van der Waals surface area contributed by atoms with Crippen molar-refractivity contribution in [2.75, 3.05) is 18.1 Å². The number of hydrogen-bond donors (Lipinski definition) is 1. The third-order valence-electron chi connectivity index (χ3n) is 7.69. The Morgan fingerprint density at radius 2 is 1.74 bits per heavy atom. The zero-order chi connectivity index (χ0) is 29.7. The lowest BCUT2D eigenvalue weighted by molar-refractivity contribution is -0.0128. The fourth-order valence-electron chi connectivity index (χ4n) is 5.16. The van der Waals surface area contributed by atoms with Crippen LogP contribution in [0.2, 0.25) is 0 Å². The van der Waals surface area contributed by atoms with Gasteiger partial charge in [0.15, 0.2) is 9.84 Å². The second-order valence-corrected chi connectivity index (χ2v) is 14.0. The number of rotatable bonds is 9. The molecule has 0 radical (unpaired) electrons. The molecule has 1 fully saturated rings. The average molecular weight is 600 g/mol. The van der Waals surface area contributed by atoms with Crippen LogP contribution in [0.4, 0.5) is 0 Å². The largest absolute Gasteiger partial charge is 0.491 e. The first kappa shape index (κ1) is 29.7. The van der Waals surface area contributed by atoms with Crippen molar-refractivity contribution >= 4 is 31.3 Å². The van der Waals surface area contributed by atoms with Crippen molar-refractivity contribution in [2.45, 2.75) is 51.2 Å². The smallest absolute Gasteiger partial charge is 0.150 e. The molecule has 1 N–H and O–H groups in total. The van der Waals surface area contributed by atoms with Crippen molar-refractivity contribution < 1.29 is 23.0 Å². The zero-order valence-electron chi connectivity index (χ0n) is 23.7. The highest BCUT2D eigenvalue weighted by molar-refractivity contribution is 7.91. The highest BCUT2D eigenvalue weighted by atomic mass is 32.2. The quantitative estimate of drug-likeness (QED) is 0.213. The van der Waals surface area contributed by atoms with Gasteiger partial charge in [0.25, 0.3) is 0 Å². The number of fused-ring (bicyclic) bond motifs is 1. The molecule has 2 heterocycles. The second kappa shape index (κ2) is 12.6. The van der Waals surface area contributed by atoms with Gasteiger partial charge in [-0.1, -0.05) is 30.2 Å². The van der Waals surface area contributed by atoms with Gasteiger partial charge in [-0.3, -0.25) is 0 Å². The summed E-state index contributed by atoms with van der Waals surface area (Å²) in [6.45, 7) is 4.32. The van der Waals surface area contributed by atoms with E-state index in [4.69, 9.17) is 14.7 Å². The van der Waals surface area contributed by atoms with Crippen LogP contribution in [-0.4, -0.2) is 37.2 Å². The standard InChI is InChI=1S/C34H33NO5S2/c1-3-4-26(13-16-35)27-6-8-28(9-7-27)39-21-25-5-12-33-31(20-25)32(22-41-33)30-11-10-29(19-24(30)2)40-23-34(36)14-17-42(37,38)18-15-34/h5-12,19-20,22,26,36H,13-15,17-18,21,23H2,1-2H3/t26-/m0/s1. The van der Waals surface area contributed by atoms with Crippen LogP contribution < -0.4 is 9.47 Å². The van der Waals surface area contributed by atoms with E-state index < -0.39 is 15.4 Å². The van der Waals surface area contributed by atoms with Crippen molar-refractivity contribution in [1.82, 2.24) is 0 Å². The zero-order valence-corrected chi connectivity index (χ0v) is 25.4. The summed E-state index contributed by atoms with van der Waals surface area (Å²) in [5.41, 5.74) is 4.25. The van der Waals surface area contributed by atoms with Crippen LogP contribution in [0.1, 0.15) is 48.8 Å². The monoisotopic (exact) mass is 599 g/mol. The normalized spacial score (nSPS) is 16.1. The molecule has 8 heteroatoms. The molecule has 4 aromatic rings. The van der Waals surface area contributed by atoms with E-state index in [0.717, 1.165) is 39.0 Å². The Bertz CT molecular complexity index is 1780. The molecule has 216 valence electrons. The lowest BCUT2D eigenvalue weighted by Crippen LogP contribution is -2.43. The average Bonchev–Trinajstić information content (AvgIpc) is 3.40. The molecule has 1 aliphatic heterocycles. The van der Waals surface area contributed by atoms with E-state index in [0.29, 0.717) is 18.8 Å². The van der Waals surface area contributed by atoms with Crippen LogP contribution in [0.25, 0.3) is 21.2 Å². The minimum atomic E-state index is -3.06. The Kier molecular flexibility index (Phi) is 8.89. The molecule has 3 aromatic carbocycles. The molecule has 0 spiro atoms. The van der Waals surface area contributed by atoms with E-state index in [1.165, 1.54) is 4.70 Å². The molecule has 0 bridgehead atoms. The third kappa shape index (κ3) is 6.97. The maximum Gasteiger partial charge on any atom is 0.150 e. The fraction of sp³-hybridized carbons (Fsp3) is 0.324. The molecule has 1 saturated heterocycles. The summed E-state index contributed by atoms with van der Waals surface area (Å²) in [6.07, 6.45) is 0.750. The molecule has 6 nitrogen and oxygen atoms in total. The van der Waals surface area contributed by atoms with Crippen LogP contribution in [0, 0.1) is 30.1 Å². The number of ether oxygens (including phenoxy) is 2. The highest BCUT2D eigenvalue weighted by Gasteiger charge is 2.36. The molecular weight excluding hydrogens is 567 g/mol. The summed E-state index contributed by atoms with van der Waals surface area (Å²) in [5.74, 6) is 7.30. The summed E-state index contributed by atoms with van der Waals surface area (Å²) < 4.78 is 36.6. The van der Waals surface area contributed by atoms with Crippen LogP contribution in [0.5, 0.6) is 11.5 Å². The predicted octanol–water partition coefficient (Wildman–Crippen LogP) is 6.79. The first-order chi connectivity index (χ1) is 20.2. The fourth-order valence-corrected chi connectivity index (χ4v) is 7.69. The molecule has 0 saturated carbocycles. The van der Waals surface area contributed by atoms with Gasteiger partial charge >= 0.3 is 0 Å². The number of nitriles is 1. The Morgan fingerprint density at radius 1 is 1.00 bits per heavy atom. The lowest BCUT2D eigenvalue weighted by Gasteiger charge is -2.31. The van der Waals surface area contributed by atoms with Gasteiger partial charge in [-0.2, -0.15) is 5.26 Å². The first-order valence-corrected chi connectivity index (χ1v) is 16.6. The number of benzene rings is 3. The summed E-state index contributed by atoms with van der Waals surface area (Å²) in [7, 11) is -3.06. The molecule has 42 heavy (non-hydrogen) atoms. The summed E-state index contributed by atoms with van der Waals surface area (Å²) in [4.78, 5) is 0. The van der Waals surface area contributed by atoms with E-state index in [1.54, 1.807) is 18.3 Å². The summed E-state index contributed by atoms with van der Waals surface area (Å²) in [5, 5.41) is 23.2. The molecule has 1 aromatic heterocycles.